The second kappa shape index (κ2) is 6.55. The molecule has 3 aliphatic rings. The topological polar surface area (TPSA) is 44.5 Å². The molecule has 2 N–H and O–H groups in total. The van der Waals surface area contributed by atoms with Crippen LogP contribution in [0.1, 0.15) is 77.6 Å². The zero-order valence-electron chi connectivity index (χ0n) is 13.7. The highest BCUT2D eigenvalue weighted by atomic mass is 16.6. The fourth-order valence-electron chi connectivity index (χ4n) is 4.69. The van der Waals surface area contributed by atoms with Crippen LogP contribution in [0, 0.1) is 5.92 Å². The van der Waals surface area contributed by atoms with Gasteiger partial charge in [-0.2, -0.15) is 0 Å². The van der Waals surface area contributed by atoms with Crippen molar-refractivity contribution in [3.8, 4) is 0 Å². The molecule has 0 aromatic carbocycles. The van der Waals surface area contributed by atoms with Crippen LogP contribution in [0.5, 0.6) is 0 Å². The Balaban J connectivity index is 1.47. The van der Waals surface area contributed by atoms with Crippen molar-refractivity contribution in [1.82, 2.24) is 0 Å². The van der Waals surface area contributed by atoms with Gasteiger partial charge in [-0.25, -0.2) is 0 Å². The lowest BCUT2D eigenvalue weighted by molar-refractivity contribution is -0.126. The molecule has 0 radical (unpaired) electrons. The van der Waals surface area contributed by atoms with Crippen LogP contribution in [0.4, 0.5) is 0 Å². The molecule has 1 atom stereocenters. The molecule has 2 aliphatic carbocycles. The molecular weight excluding hydrogens is 262 g/mol. The lowest BCUT2D eigenvalue weighted by Gasteiger charge is -2.40. The first-order valence-electron chi connectivity index (χ1n) is 9.21. The Morgan fingerprint density at radius 2 is 1.76 bits per heavy atom. The number of hydrogen-bond donors (Lipinski definition) is 1. The van der Waals surface area contributed by atoms with Crippen molar-refractivity contribution in [1.29, 1.82) is 0 Å². The summed E-state index contributed by atoms with van der Waals surface area (Å²) in [6, 6.07) is 0. The van der Waals surface area contributed by atoms with Crippen LogP contribution in [-0.2, 0) is 9.47 Å². The van der Waals surface area contributed by atoms with Gasteiger partial charge in [0.15, 0.2) is 0 Å². The maximum atomic E-state index is 6.37. The van der Waals surface area contributed by atoms with Crippen molar-refractivity contribution in [2.75, 3.05) is 13.2 Å². The normalized spacial score (nSPS) is 39.1. The third-order valence-electron chi connectivity index (χ3n) is 6.39. The summed E-state index contributed by atoms with van der Waals surface area (Å²) in [7, 11) is 0. The molecule has 0 aromatic heterocycles. The number of nitrogens with two attached hydrogens (primary N) is 1. The minimum Gasteiger partial charge on any atom is -0.371 e. The monoisotopic (exact) mass is 295 g/mol. The molecule has 122 valence electrons. The SMILES string of the molecule is CCC1CCC(CN)(OCC2CCC3(CCCC3)O2)CC1. The number of ether oxygens (including phenoxy) is 2. The largest absolute Gasteiger partial charge is 0.371 e. The van der Waals surface area contributed by atoms with Gasteiger partial charge in [0.1, 0.15) is 0 Å². The Morgan fingerprint density at radius 1 is 1.05 bits per heavy atom. The van der Waals surface area contributed by atoms with E-state index in [2.05, 4.69) is 6.92 Å². The molecule has 21 heavy (non-hydrogen) atoms. The van der Waals surface area contributed by atoms with Gasteiger partial charge in [-0.05, 0) is 57.3 Å². The molecule has 0 bridgehead atoms. The zero-order chi connectivity index (χ0) is 14.8. The maximum absolute atomic E-state index is 6.37. The molecule has 1 heterocycles. The van der Waals surface area contributed by atoms with E-state index in [1.807, 2.05) is 0 Å². The highest BCUT2D eigenvalue weighted by Gasteiger charge is 2.43. The molecule has 1 aliphatic heterocycles. The molecule has 0 amide bonds. The highest BCUT2D eigenvalue weighted by molar-refractivity contribution is 4.94. The molecule has 3 fully saturated rings. The minimum absolute atomic E-state index is 0.0551. The molecular formula is C18H33NO2. The summed E-state index contributed by atoms with van der Waals surface area (Å²) in [6.07, 6.45) is 14.1. The van der Waals surface area contributed by atoms with E-state index in [-0.39, 0.29) is 11.2 Å². The molecule has 2 saturated carbocycles. The molecule has 3 rings (SSSR count). The lowest BCUT2D eigenvalue weighted by atomic mass is 9.77. The number of hydrogen-bond acceptors (Lipinski definition) is 3. The second-order valence-electron chi connectivity index (χ2n) is 7.72. The van der Waals surface area contributed by atoms with E-state index in [0.29, 0.717) is 12.6 Å². The van der Waals surface area contributed by atoms with Crippen LogP contribution < -0.4 is 5.73 Å². The smallest absolute Gasteiger partial charge is 0.0817 e. The standard InChI is InChI=1S/C18H33NO2/c1-2-15-5-10-18(14-19,11-6-15)20-13-16-7-12-17(21-16)8-3-4-9-17/h15-16H,2-14,19H2,1H3. The van der Waals surface area contributed by atoms with Crippen LogP contribution in [0.15, 0.2) is 0 Å². The van der Waals surface area contributed by atoms with E-state index in [4.69, 9.17) is 15.2 Å². The summed E-state index contributed by atoms with van der Waals surface area (Å²) in [5.41, 5.74) is 6.23. The van der Waals surface area contributed by atoms with Gasteiger partial charge >= 0.3 is 0 Å². The van der Waals surface area contributed by atoms with Crippen molar-refractivity contribution in [2.45, 2.75) is 94.9 Å². The average Bonchev–Trinajstić information content (AvgIpc) is 3.16. The minimum atomic E-state index is -0.0551. The summed E-state index contributed by atoms with van der Waals surface area (Å²) < 4.78 is 12.7. The van der Waals surface area contributed by atoms with E-state index in [1.54, 1.807) is 0 Å². The van der Waals surface area contributed by atoms with Gasteiger partial charge < -0.3 is 15.2 Å². The molecule has 0 aromatic rings. The van der Waals surface area contributed by atoms with Crippen LogP contribution in [0.2, 0.25) is 0 Å². The summed E-state index contributed by atoms with van der Waals surface area (Å²) in [6.45, 7) is 3.73. The third-order valence-corrected chi connectivity index (χ3v) is 6.39. The lowest BCUT2D eigenvalue weighted by Crippen LogP contribution is -2.45. The molecule has 1 saturated heterocycles. The molecule has 3 heteroatoms. The fourth-order valence-corrected chi connectivity index (χ4v) is 4.69. The average molecular weight is 295 g/mol. The fraction of sp³-hybridized carbons (Fsp3) is 1.00. The number of rotatable bonds is 5. The van der Waals surface area contributed by atoms with E-state index >= 15 is 0 Å². The van der Waals surface area contributed by atoms with E-state index in [9.17, 15) is 0 Å². The summed E-state index contributed by atoms with van der Waals surface area (Å²) >= 11 is 0. The van der Waals surface area contributed by atoms with Gasteiger partial charge in [0, 0.05) is 6.54 Å². The van der Waals surface area contributed by atoms with Crippen molar-refractivity contribution in [3.05, 3.63) is 0 Å². The quantitative estimate of drug-likeness (QED) is 0.839. The summed E-state index contributed by atoms with van der Waals surface area (Å²) in [5, 5.41) is 0. The van der Waals surface area contributed by atoms with Gasteiger partial charge in [-0.3, -0.25) is 0 Å². The Bertz CT molecular complexity index is 330. The van der Waals surface area contributed by atoms with Crippen LogP contribution >= 0.6 is 0 Å². The van der Waals surface area contributed by atoms with E-state index in [1.165, 1.54) is 57.8 Å². The predicted octanol–water partition coefficient (Wildman–Crippen LogP) is 3.79. The Kier molecular flexibility index (Phi) is 4.92. The first-order chi connectivity index (χ1) is 10.2. The summed E-state index contributed by atoms with van der Waals surface area (Å²) in [5.74, 6) is 0.887. The molecule has 1 unspecified atom stereocenters. The predicted molar refractivity (Wildman–Crippen MR) is 85.3 cm³/mol. The summed E-state index contributed by atoms with van der Waals surface area (Å²) in [4.78, 5) is 0. The molecule has 1 spiro atoms. The zero-order valence-corrected chi connectivity index (χ0v) is 13.7. The van der Waals surface area contributed by atoms with Crippen molar-refractivity contribution in [3.63, 3.8) is 0 Å². The van der Waals surface area contributed by atoms with Crippen LogP contribution in [0.25, 0.3) is 0 Å². The van der Waals surface area contributed by atoms with Gasteiger partial charge in [0.05, 0.1) is 23.9 Å². The van der Waals surface area contributed by atoms with Gasteiger partial charge in [-0.15, -0.1) is 0 Å². The van der Waals surface area contributed by atoms with Crippen molar-refractivity contribution >= 4 is 0 Å². The van der Waals surface area contributed by atoms with Gasteiger partial charge in [-0.1, -0.05) is 26.2 Å². The van der Waals surface area contributed by atoms with Crippen LogP contribution in [-0.4, -0.2) is 30.5 Å². The first kappa shape index (κ1) is 15.8. The van der Waals surface area contributed by atoms with E-state index in [0.717, 1.165) is 25.4 Å². The Hall–Kier alpha value is -0.120. The second-order valence-corrected chi connectivity index (χ2v) is 7.72. The maximum Gasteiger partial charge on any atom is 0.0817 e. The van der Waals surface area contributed by atoms with Crippen molar-refractivity contribution in [2.24, 2.45) is 11.7 Å². The van der Waals surface area contributed by atoms with Crippen LogP contribution in [0.3, 0.4) is 0 Å². The van der Waals surface area contributed by atoms with Crippen molar-refractivity contribution < 1.29 is 9.47 Å². The van der Waals surface area contributed by atoms with Gasteiger partial charge in [0.2, 0.25) is 0 Å². The van der Waals surface area contributed by atoms with E-state index < -0.39 is 0 Å². The molecule has 3 nitrogen and oxygen atoms in total. The highest BCUT2D eigenvalue weighted by Crippen LogP contribution is 2.44. The Morgan fingerprint density at radius 3 is 2.38 bits per heavy atom. The third kappa shape index (κ3) is 3.46. The first-order valence-corrected chi connectivity index (χ1v) is 9.21. The van der Waals surface area contributed by atoms with Gasteiger partial charge in [0.25, 0.3) is 0 Å². The Labute approximate surface area is 129 Å².